The Labute approximate surface area is 171 Å². The van der Waals surface area contributed by atoms with E-state index in [0.29, 0.717) is 31.3 Å². The van der Waals surface area contributed by atoms with Crippen LogP contribution in [0.15, 0.2) is 35.5 Å². The van der Waals surface area contributed by atoms with Crippen LogP contribution in [-0.4, -0.2) is 54.0 Å². The molecule has 28 heavy (non-hydrogen) atoms. The molecule has 3 amide bonds. The number of halogens is 1. The largest absolute Gasteiger partial charge is 0.369 e. The number of hydrogen-bond donors (Lipinski definition) is 2. The lowest BCUT2D eigenvalue weighted by Gasteiger charge is -2.40. The lowest BCUT2D eigenvalue weighted by molar-refractivity contribution is -0.121. The van der Waals surface area contributed by atoms with Crippen molar-refractivity contribution in [2.45, 2.75) is 33.2 Å². The number of fused-ring (bicyclic) bond motifs is 1. The van der Waals surface area contributed by atoms with Gasteiger partial charge >= 0.3 is 6.03 Å². The zero-order valence-electron chi connectivity index (χ0n) is 16.7. The summed E-state index contributed by atoms with van der Waals surface area (Å²) in [6.45, 7) is 8.62. The van der Waals surface area contributed by atoms with Gasteiger partial charge in [0.2, 0.25) is 5.91 Å². The van der Waals surface area contributed by atoms with Crippen LogP contribution in [-0.2, 0) is 4.79 Å². The third kappa shape index (κ3) is 4.27. The van der Waals surface area contributed by atoms with Gasteiger partial charge in [-0.2, -0.15) is 0 Å². The molecule has 2 aliphatic heterocycles. The van der Waals surface area contributed by atoms with E-state index in [1.54, 1.807) is 4.90 Å². The Morgan fingerprint density at radius 1 is 1.21 bits per heavy atom. The van der Waals surface area contributed by atoms with Crippen LogP contribution in [0.4, 0.5) is 4.79 Å². The molecule has 1 aromatic carbocycles. The van der Waals surface area contributed by atoms with Gasteiger partial charge in [-0.05, 0) is 17.4 Å². The maximum absolute atomic E-state index is 12.6. The van der Waals surface area contributed by atoms with Crippen molar-refractivity contribution in [3.05, 3.63) is 41.1 Å². The summed E-state index contributed by atoms with van der Waals surface area (Å²) in [5.41, 5.74) is 7.58. The molecule has 2 unspecified atom stereocenters. The second kappa shape index (κ2) is 8.03. The number of piperazine rings is 1. The van der Waals surface area contributed by atoms with E-state index in [9.17, 15) is 9.59 Å². The van der Waals surface area contributed by atoms with E-state index < -0.39 is 11.8 Å². The quantitative estimate of drug-likeness (QED) is 0.757. The summed E-state index contributed by atoms with van der Waals surface area (Å²) in [7, 11) is 0. The Kier molecular flexibility index (Phi) is 5.89. The second-order valence-corrected chi connectivity index (χ2v) is 9.06. The SMILES string of the molecule is CC(C)(C)CCNC(=O)N1CCN2C(Cl)=C(c3ccccc3)C(C(N)=O)C2C1. The molecule has 0 aliphatic carbocycles. The first-order valence-corrected chi connectivity index (χ1v) is 10.1. The molecule has 3 rings (SSSR count). The Morgan fingerprint density at radius 3 is 2.50 bits per heavy atom. The minimum Gasteiger partial charge on any atom is -0.369 e. The summed E-state index contributed by atoms with van der Waals surface area (Å²) in [5.74, 6) is -0.959. The van der Waals surface area contributed by atoms with Crippen LogP contribution in [0.3, 0.4) is 0 Å². The molecule has 0 saturated carbocycles. The highest BCUT2D eigenvalue weighted by atomic mass is 35.5. The number of nitrogens with zero attached hydrogens (tertiary/aromatic N) is 2. The maximum Gasteiger partial charge on any atom is 0.317 e. The first kappa shape index (κ1) is 20.5. The number of rotatable bonds is 4. The van der Waals surface area contributed by atoms with Gasteiger partial charge < -0.3 is 20.9 Å². The molecule has 0 bridgehead atoms. The fraction of sp³-hybridized carbons (Fsp3) is 0.524. The Bertz CT molecular complexity index is 772. The molecule has 7 heteroatoms. The monoisotopic (exact) mass is 404 g/mol. The predicted molar refractivity (Wildman–Crippen MR) is 111 cm³/mol. The number of amides is 3. The van der Waals surface area contributed by atoms with E-state index in [2.05, 4.69) is 26.1 Å². The smallest absolute Gasteiger partial charge is 0.317 e. The molecular formula is C21H29ClN4O2. The van der Waals surface area contributed by atoms with Crippen molar-refractivity contribution in [1.82, 2.24) is 15.1 Å². The van der Waals surface area contributed by atoms with Crippen molar-refractivity contribution in [3.8, 4) is 0 Å². The van der Waals surface area contributed by atoms with Gasteiger partial charge in [0.1, 0.15) is 5.16 Å². The summed E-state index contributed by atoms with van der Waals surface area (Å²) in [6.07, 6.45) is 0.900. The highest BCUT2D eigenvalue weighted by Crippen LogP contribution is 2.43. The van der Waals surface area contributed by atoms with Crippen molar-refractivity contribution in [1.29, 1.82) is 0 Å². The molecule has 1 fully saturated rings. The number of nitrogens with one attached hydrogen (secondary N) is 1. The highest BCUT2D eigenvalue weighted by molar-refractivity contribution is 6.33. The van der Waals surface area contributed by atoms with Gasteiger partial charge in [0, 0.05) is 31.8 Å². The average Bonchev–Trinajstić information content (AvgIpc) is 2.93. The van der Waals surface area contributed by atoms with Crippen LogP contribution in [0.1, 0.15) is 32.8 Å². The predicted octanol–water partition coefficient (Wildman–Crippen LogP) is 2.84. The molecular weight excluding hydrogens is 376 g/mol. The van der Waals surface area contributed by atoms with Crippen molar-refractivity contribution < 1.29 is 9.59 Å². The van der Waals surface area contributed by atoms with E-state index in [1.807, 2.05) is 35.2 Å². The summed E-state index contributed by atoms with van der Waals surface area (Å²) in [6, 6.07) is 9.28. The third-order valence-corrected chi connectivity index (χ3v) is 5.84. The fourth-order valence-corrected chi connectivity index (χ4v) is 4.34. The first-order chi connectivity index (χ1) is 13.2. The number of benzene rings is 1. The standard InChI is InChI=1S/C21H29ClN4O2/c1-21(2,3)9-10-24-20(28)25-11-12-26-15(13-25)17(19(23)27)16(18(26)22)14-7-5-4-6-8-14/h4-8,15,17H,9-13H2,1-3H3,(H2,23,27)(H,24,28). The molecule has 1 saturated heterocycles. The van der Waals surface area contributed by atoms with E-state index in [-0.39, 0.29) is 17.5 Å². The zero-order valence-corrected chi connectivity index (χ0v) is 17.5. The molecule has 0 radical (unpaired) electrons. The van der Waals surface area contributed by atoms with Crippen LogP contribution in [0.2, 0.25) is 0 Å². The van der Waals surface area contributed by atoms with Crippen molar-refractivity contribution >= 4 is 29.1 Å². The second-order valence-electron chi connectivity index (χ2n) is 8.70. The molecule has 0 spiro atoms. The van der Waals surface area contributed by atoms with E-state index in [0.717, 1.165) is 17.6 Å². The number of urea groups is 1. The van der Waals surface area contributed by atoms with Gasteiger partial charge in [0.25, 0.3) is 0 Å². The average molecular weight is 405 g/mol. The van der Waals surface area contributed by atoms with E-state index >= 15 is 0 Å². The van der Waals surface area contributed by atoms with Gasteiger partial charge in [-0.3, -0.25) is 4.79 Å². The summed E-state index contributed by atoms with van der Waals surface area (Å²) >= 11 is 6.66. The van der Waals surface area contributed by atoms with Crippen LogP contribution in [0.5, 0.6) is 0 Å². The minimum atomic E-state index is -0.542. The number of nitrogens with two attached hydrogens (primary N) is 1. The molecule has 6 nitrogen and oxygen atoms in total. The minimum absolute atomic E-state index is 0.101. The fourth-order valence-electron chi connectivity index (χ4n) is 3.90. The zero-order chi connectivity index (χ0) is 20.5. The molecule has 2 aliphatic rings. The van der Waals surface area contributed by atoms with Crippen molar-refractivity contribution in [2.75, 3.05) is 26.2 Å². The summed E-state index contributed by atoms with van der Waals surface area (Å²) in [4.78, 5) is 28.7. The van der Waals surface area contributed by atoms with E-state index in [4.69, 9.17) is 17.3 Å². The molecule has 2 atom stereocenters. The van der Waals surface area contributed by atoms with Crippen molar-refractivity contribution in [3.63, 3.8) is 0 Å². The van der Waals surface area contributed by atoms with E-state index in [1.165, 1.54) is 0 Å². The Hall–Kier alpha value is -2.21. The molecule has 0 aromatic heterocycles. The van der Waals surface area contributed by atoms with Crippen LogP contribution in [0, 0.1) is 11.3 Å². The number of carbonyl (C=O) groups is 2. The molecule has 1 aromatic rings. The molecule has 2 heterocycles. The topological polar surface area (TPSA) is 78.7 Å². The normalized spacial score (nSPS) is 22.3. The summed E-state index contributed by atoms with van der Waals surface area (Å²) < 4.78 is 0. The molecule has 3 N–H and O–H groups in total. The third-order valence-electron chi connectivity index (χ3n) is 5.42. The first-order valence-electron chi connectivity index (χ1n) is 9.73. The Morgan fingerprint density at radius 2 is 1.89 bits per heavy atom. The number of hydrogen-bond acceptors (Lipinski definition) is 3. The maximum atomic E-state index is 12.6. The van der Waals surface area contributed by atoms with Gasteiger partial charge in [-0.15, -0.1) is 0 Å². The highest BCUT2D eigenvalue weighted by Gasteiger charge is 2.46. The van der Waals surface area contributed by atoms with Crippen LogP contribution in [0.25, 0.3) is 5.57 Å². The lowest BCUT2D eigenvalue weighted by atomic mass is 9.88. The Balaban J connectivity index is 1.74. The lowest BCUT2D eigenvalue weighted by Crippen LogP contribution is -2.57. The van der Waals surface area contributed by atoms with Gasteiger partial charge in [0.15, 0.2) is 0 Å². The van der Waals surface area contributed by atoms with Gasteiger partial charge in [-0.1, -0.05) is 62.7 Å². The van der Waals surface area contributed by atoms with Crippen LogP contribution < -0.4 is 11.1 Å². The van der Waals surface area contributed by atoms with Crippen molar-refractivity contribution in [2.24, 2.45) is 17.1 Å². The number of carbonyl (C=O) groups excluding carboxylic acids is 2. The molecule has 152 valence electrons. The number of primary amides is 1. The summed E-state index contributed by atoms with van der Waals surface area (Å²) in [5, 5.41) is 3.56. The van der Waals surface area contributed by atoms with Crippen LogP contribution >= 0.6 is 11.6 Å². The van der Waals surface area contributed by atoms with Gasteiger partial charge in [-0.25, -0.2) is 4.79 Å². The van der Waals surface area contributed by atoms with Gasteiger partial charge in [0.05, 0.1) is 12.0 Å².